The van der Waals surface area contributed by atoms with Crippen LogP contribution in [-0.4, -0.2) is 41.3 Å². The zero-order valence-electron chi connectivity index (χ0n) is 16.0. The van der Waals surface area contributed by atoms with Crippen molar-refractivity contribution in [2.24, 2.45) is 0 Å². The third-order valence-corrected chi connectivity index (χ3v) is 4.93. The largest absolute Gasteiger partial charge is 0.497 e. The first-order valence-corrected chi connectivity index (χ1v) is 9.41. The smallest absolute Gasteiger partial charge is 0.321 e. The summed E-state index contributed by atoms with van der Waals surface area (Å²) in [4.78, 5) is 14.4. The lowest BCUT2D eigenvalue weighted by Gasteiger charge is -2.31. The topological polar surface area (TPSA) is 80.5 Å². The Balaban J connectivity index is 1.41. The summed E-state index contributed by atoms with van der Waals surface area (Å²) in [6.07, 6.45) is 1.70. The molecule has 1 N–H and O–H groups in total. The summed E-state index contributed by atoms with van der Waals surface area (Å²) in [6, 6.07) is 12.9. The second kappa shape index (κ2) is 8.30. The minimum absolute atomic E-state index is 0.0351. The van der Waals surface area contributed by atoms with E-state index in [2.05, 4.69) is 15.5 Å². The molecule has 0 bridgehead atoms. The number of methoxy groups -OCH3 is 1. The van der Waals surface area contributed by atoms with Gasteiger partial charge in [-0.1, -0.05) is 0 Å². The number of anilines is 1. The highest BCUT2D eigenvalue weighted by molar-refractivity contribution is 5.89. The molecule has 2 aromatic carbocycles. The van der Waals surface area contributed by atoms with Gasteiger partial charge in [0.1, 0.15) is 11.6 Å². The Morgan fingerprint density at radius 1 is 1.17 bits per heavy atom. The third kappa shape index (κ3) is 4.37. The molecule has 150 valence electrons. The Morgan fingerprint density at radius 2 is 1.93 bits per heavy atom. The minimum Gasteiger partial charge on any atom is -0.497 e. The van der Waals surface area contributed by atoms with Crippen molar-refractivity contribution in [2.75, 3.05) is 25.5 Å². The molecule has 0 saturated carbocycles. The van der Waals surface area contributed by atoms with Crippen LogP contribution in [0.15, 0.2) is 52.9 Å². The van der Waals surface area contributed by atoms with Crippen LogP contribution in [0.4, 0.5) is 14.9 Å². The van der Waals surface area contributed by atoms with Gasteiger partial charge < -0.3 is 19.4 Å². The number of nitrogens with one attached hydrogen (secondary N) is 1. The maximum absolute atomic E-state index is 13.1. The van der Waals surface area contributed by atoms with E-state index in [0.717, 1.165) is 18.6 Å². The van der Waals surface area contributed by atoms with Gasteiger partial charge in [0.05, 0.1) is 13.0 Å². The molecular weight excluding hydrogens is 375 g/mol. The van der Waals surface area contributed by atoms with Crippen LogP contribution in [0, 0.1) is 5.82 Å². The molecule has 1 aromatic heterocycles. The quantitative estimate of drug-likeness (QED) is 0.711. The molecule has 3 aromatic rings. The molecule has 29 heavy (non-hydrogen) atoms. The summed E-state index contributed by atoms with van der Waals surface area (Å²) in [7, 11) is 1.60. The van der Waals surface area contributed by atoms with Gasteiger partial charge in [-0.15, -0.1) is 10.2 Å². The van der Waals surface area contributed by atoms with E-state index >= 15 is 0 Å². The summed E-state index contributed by atoms with van der Waals surface area (Å²) in [5.41, 5.74) is 1.37. The molecule has 1 unspecified atom stereocenters. The van der Waals surface area contributed by atoms with Crippen LogP contribution in [0.2, 0.25) is 0 Å². The van der Waals surface area contributed by atoms with E-state index in [9.17, 15) is 9.18 Å². The monoisotopic (exact) mass is 396 g/mol. The maximum Gasteiger partial charge on any atom is 0.321 e. The number of carbonyl (C=O) groups is 1. The van der Waals surface area contributed by atoms with Crippen LogP contribution >= 0.6 is 0 Å². The standard InChI is InChI=1S/C21H21FN4O3/c1-28-18-10-8-17(9-11-18)23-21(27)26-12-2-3-15(13-26)20-25-24-19(29-20)14-4-6-16(22)7-5-14/h4-11,15H,2-3,12-13H2,1H3,(H,23,27). The summed E-state index contributed by atoms with van der Waals surface area (Å²) in [5.74, 6) is 1.21. The third-order valence-electron chi connectivity index (χ3n) is 4.93. The summed E-state index contributed by atoms with van der Waals surface area (Å²) in [6.45, 7) is 1.16. The van der Waals surface area contributed by atoms with E-state index in [1.54, 1.807) is 48.4 Å². The van der Waals surface area contributed by atoms with Crippen molar-refractivity contribution < 1.29 is 18.3 Å². The predicted molar refractivity (Wildman–Crippen MR) is 105 cm³/mol. The van der Waals surface area contributed by atoms with Crippen molar-refractivity contribution in [2.45, 2.75) is 18.8 Å². The van der Waals surface area contributed by atoms with Gasteiger partial charge in [-0.2, -0.15) is 0 Å². The number of amides is 2. The fraction of sp³-hybridized carbons (Fsp3) is 0.286. The molecule has 0 spiro atoms. The Bertz CT molecular complexity index is 972. The number of hydrogen-bond donors (Lipinski definition) is 1. The molecule has 1 aliphatic heterocycles. The molecule has 2 amide bonds. The van der Waals surface area contributed by atoms with Crippen LogP contribution in [0.25, 0.3) is 11.5 Å². The highest BCUT2D eigenvalue weighted by atomic mass is 19.1. The number of urea groups is 1. The van der Waals surface area contributed by atoms with Crippen LogP contribution in [0.3, 0.4) is 0 Å². The van der Waals surface area contributed by atoms with Crippen molar-refractivity contribution in [3.63, 3.8) is 0 Å². The second-order valence-corrected chi connectivity index (χ2v) is 6.90. The predicted octanol–water partition coefficient (Wildman–Crippen LogP) is 4.30. The van der Waals surface area contributed by atoms with E-state index in [0.29, 0.717) is 36.1 Å². The number of rotatable bonds is 4. The zero-order valence-corrected chi connectivity index (χ0v) is 16.0. The lowest BCUT2D eigenvalue weighted by Crippen LogP contribution is -2.41. The SMILES string of the molecule is COc1ccc(NC(=O)N2CCCC(c3nnc(-c4ccc(F)cc4)o3)C2)cc1. The highest BCUT2D eigenvalue weighted by Gasteiger charge is 2.28. The Labute approximate surface area is 167 Å². The molecule has 1 saturated heterocycles. The number of nitrogens with zero attached hydrogens (tertiary/aromatic N) is 3. The molecular formula is C21H21FN4O3. The van der Waals surface area contributed by atoms with Crippen LogP contribution in [0.5, 0.6) is 5.75 Å². The molecule has 0 aliphatic carbocycles. The van der Waals surface area contributed by atoms with Crippen LogP contribution < -0.4 is 10.1 Å². The van der Waals surface area contributed by atoms with Gasteiger partial charge >= 0.3 is 6.03 Å². The molecule has 7 nitrogen and oxygen atoms in total. The summed E-state index contributed by atoms with van der Waals surface area (Å²) < 4.78 is 24.0. The Hall–Kier alpha value is -3.42. The first kappa shape index (κ1) is 18.9. The number of likely N-dealkylation sites (tertiary alicyclic amines) is 1. The number of piperidine rings is 1. The normalized spacial score (nSPS) is 16.5. The van der Waals surface area contributed by atoms with E-state index in [-0.39, 0.29) is 17.8 Å². The van der Waals surface area contributed by atoms with Gasteiger partial charge in [0.2, 0.25) is 11.8 Å². The first-order chi connectivity index (χ1) is 14.1. The molecule has 1 aliphatic rings. The van der Waals surface area contributed by atoms with Gasteiger partial charge in [0.25, 0.3) is 0 Å². The number of hydrogen-bond acceptors (Lipinski definition) is 5. The molecule has 4 rings (SSSR count). The molecule has 0 radical (unpaired) electrons. The Kier molecular flexibility index (Phi) is 5.41. The zero-order chi connectivity index (χ0) is 20.2. The second-order valence-electron chi connectivity index (χ2n) is 6.90. The number of carbonyl (C=O) groups excluding carboxylic acids is 1. The van der Waals surface area contributed by atoms with Gasteiger partial charge in [-0.3, -0.25) is 0 Å². The van der Waals surface area contributed by atoms with Crippen LogP contribution in [0.1, 0.15) is 24.7 Å². The van der Waals surface area contributed by atoms with Crippen molar-refractivity contribution in [3.05, 3.63) is 60.2 Å². The molecule has 2 heterocycles. The van der Waals surface area contributed by atoms with E-state index in [1.165, 1.54) is 12.1 Å². The van der Waals surface area contributed by atoms with Crippen LogP contribution in [-0.2, 0) is 0 Å². The van der Waals surface area contributed by atoms with E-state index in [4.69, 9.17) is 9.15 Å². The molecule has 1 fully saturated rings. The maximum atomic E-state index is 13.1. The van der Waals surface area contributed by atoms with Crippen molar-refractivity contribution >= 4 is 11.7 Å². The van der Waals surface area contributed by atoms with E-state index in [1.807, 2.05) is 0 Å². The van der Waals surface area contributed by atoms with Gasteiger partial charge in [-0.05, 0) is 61.4 Å². The number of aromatic nitrogens is 2. The first-order valence-electron chi connectivity index (χ1n) is 9.41. The fourth-order valence-corrected chi connectivity index (χ4v) is 3.35. The fourth-order valence-electron chi connectivity index (χ4n) is 3.35. The van der Waals surface area contributed by atoms with Gasteiger partial charge in [0, 0.05) is 24.3 Å². The average Bonchev–Trinajstić information content (AvgIpc) is 3.25. The lowest BCUT2D eigenvalue weighted by atomic mass is 9.98. The molecule has 8 heteroatoms. The number of benzene rings is 2. The Morgan fingerprint density at radius 3 is 2.66 bits per heavy atom. The lowest BCUT2D eigenvalue weighted by molar-refractivity contribution is 0.187. The molecule has 1 atom stereocenters. The average molecular weight is 396 g/mol. The van der Waals surface area contributed by atoms with Crippen molar-refractivity contribution in [1.82, 2.24) is 15.1 Å². The highest BCUT2D eigenvalue weighted by Crippen LogP contribution is 2.29. The summed E-state index contributed by atoms with van der Waals surface area (Å²) >= 11 is 0. The summed E-state index contributed by atoms with van der Waals surface area (Å²) in [5, 5.41) is 11.1. The van der Waals surface area contributed by atoms with E-state index < -0.39 is 0 Å². The van der Waals surface area contributed by atoms with Crippen molar-refractivity contribution in [1.29, 1.82) is 0 Å². The number of halogens is 1. The minimum atomic E-state index is -0.320. The number of ether oxygens (including phenoxy) is 1. The van der Waals surface area contributed by atoms with Gasteiger partial charge in [0.15, 0.2) is 0 Å². The van der Waals surface area contributed by atoms with Crippen molar-refractivity contribution in [3.8, 4) is 17.2 Å². The van der Waals surface area contributed by atoms with Gasteiger partial charge in [-0.25, -0.2) is 9.18 Å².